The second-order valence-corrected chi connectivity index (χ2v) is 6.06. The second kappa shape index (κ2) is 5.15. The lowest BCUT2D eigenvalue weighted by atomic mass is 9.80. The maximum Gasteiger partial charge on any atom is 0.240 e. The van der Waals surface area contributed by atoms with Crippen molar-refractivity contribution in [3.8, 4) is 0 Å². The summed E-state index contributed by atoms with van der Waals surface area (Å²) < 4.78 is 0. The smallest absolute Gasteiger partial charge is 0.240 e. The number of carbonyl (C=O) groups excluding carboxylic acids is 1. The van der Waals surface area contributed by atoms with Gasteiger partial charge in [-0.15, -0.1) is 0 Å². The normalized spacial score (nSPS) is 24.4. The van der Waals surface area contributed by atoms with Gasteiger partial charge in [0, 0.05) is 32.7 Å². The monoisotopic (exact) mass is 255 g/mol. The lowest BCUT2D eigenvalue weighted by Gasteiger charge is -2.41. The maximum absolute atomic E-state index is 12.3. The molecule has 0 radical (unpaired) electrons. The molecule has 0 aromatic carbocycles. The molecule has 0 aromatic heterocycles. The summed E-state index contributed by atoms with van der Waals surface area (Å²) in [6, 6.07) is 0. The molecule has 5 nitrogen and oxygen atoms in total. The Labute approximate surface area is 109 Å². The Morgan fingerprint density at radius 3 is 2.50 bits per heavy atom. The molecule has 0 atom stereocenters. The number of rotatable bonds is 4. The van der Waals surface area contributed by atoms with Crippen molar-refractivity contribution in [1.29, 1.82) is 0 Å². The van der Waals surface area contributed by atoms with Crippen molar-refractivity contribution in [3.05, 3.63) is 0 Å². The molecule has 1 saturated carbocycles. The highest BCUT2D eigenvalue weighted by molar-refractivity contribution is 5.85. The van der Waals surface area contributed by atoms with Gasteiger partial charge in [-0.05, 0) is 33.1 Å². The molecule has 2 rings (SSSR count). The molecular weight excluding hydrogens is 230 g/mol. The first kappa shape index (κ1) is 13.8. The van der Waals surface area contributed by atoms with Crippen LogP contribution in [0.5, 0.6) is 0 Å². The van der Waals surface area contributed by atoms with Crippen LogP contribution in [0.2, 0.25) is 0 Å². The fraction of sp³-hybridized carbons (Fsp3) is 0.923. The molecule has 1 amide bonds. The van der Waals surface area contributed by atoms with E-state index in [9.17, 15) is 9.90 Å². The quantitative estimate of drug-likeness (QED) is 0.645. The Balaban J connectivity index is 1.85. The molecule has 3 N–H and O–H groups in total. The van der Waals surface area contributed by atoms with Crippen LogP contribution in [-0.4, -0.2) is 59.8 Å². The van der Waals surface area contributed by atoms with Gasteiger partial charge in [-0.2, -0.15) is 0 Å². The summed E-state index contributed by atoms with van der Waals surface area (Å²) in [4.78, 5) is 14.5. The first-order valence-corrected chi connectivity index (χ1v) is 6.91. The summed E-state index contributed by atoms with van der Waals surface area (Å²) in [6.07, 6.45) is 2.68. The van der Waals surface area contributed by atoms with Gasteiger partial charge in [0.2, 0.25) is 5.91 Å². The van der Waals surface area contributed by atoms with E-state index in [0.29, 0.717) is 6.54 Å². The van der Waals surface area contributed by atoms with E-state index in [1.165, 1.54) is 0 Å². The number of carbonyl (C=O) groups is 1. The van der Waals surface area contributed by atoms with Crippen LogP contribution in [0.4, 0.5) is 0 Å². The van der Waals surface area contributed by atoms with Crippen LogP contribution in [0.3, 0.4) is 0 Å². The van der Waals surface area contributed by atoms with E-state index >= 15 is 0 Å². The maximum atomic E-state index is 12.3. The first-order chi connectivity index (χ1) is 8.44. The van der Waals surface area contributed by atoms with Crippen LogP contribution in [0.15, 0.2) is 0 Å². The molecule has 0 spiro atoms. The van der Waals surface area contributed by atoms with E-state index in [2.05, 4.69) is 15.5 Å². The van der Waals surface area contributed by atoms with Gasteiger partial charge in [0.25, 0.3) is 0 Å². The van der Waals surface area contributed by atoms with Crippen molar-refractivity contribution < 1.29 is 9.90 Å². The Morgan fingerprint density at radius 1 is 1.39 bits per heavy atom. The van der Waals surface area contributed by atoms with Crippen molar-refractivity contribution in [2.45, 2.75) is 44.2 Å². The highest BCUT2D eigenvalue weighted by atomic mass is 16.3. The zero-order valence-corrected chi connectivity index (χ0v) is 11.5. The minimum atomic E-state index is -0.644. The number of hydrogen-bond acceptors (Lipinski definition) is 4. The van der Waals surface area contributed by atoms with Crippen molar-refractivity contribution in [2.75, 3.05) is 32.7 Å². The molecule has 0 bridgehead atoms. The summed E-state index contributed by atoms with van der Waals surface area (Å²) in [5, 5.41) is 16.2. The molecule has 0 aromatic rings. The Hall–Kier alpha value is -0.650. The molecule has 1 aliphatic heterocycles. The predicted octanol–water partition coefficient (Wildman–Crippen LogP) is -0.299. The average molecular weight is 255 g/mol. The van der Waals surface area contributed by atoms with Crippen LogP contribution in [-0.2, 0) is 4.79 Å². The van der Waals surface area contributed by atoms with Crippen LogP contribution in [0.1, 0.15) is 33.1 Å². The molecule has 2 fully saturated rings. The van der Waals surface area contributed by atoms with Gasteiger partial charge in [-0.3, -0.25) is 9.69 Å². The fourth-order valence-corrected chi connectivity index (χ4v) is 2.59. The third-order valence-electron chi connectivity index (χ3n) is 4.33. The van der Waals surface area contributed by atoms with E-state index in [4.69, 9.17) is 0 Å². The van der Waals surface area contributed by atoms with Gasteiger partial charge >= 0.3 is 0 Å². The predicted molar refractivity (Wildman–Crippen MR) is 70.3 cm³/mol. The number of nitrogens with zero attached hydrogens (tertiary/aromatic N) is 1. The number of piperazine rings is 1. The van der Waals surface area contributed by atoms with E-state index < -0.39 is 11.1 Å². The van der Waals surface area contributed by atoms with E-state index in [-0.39, 0.29) is 5.91 Å². The lowest BCUT2D eigenvalue weighted by molar-refractivity contribution is -0.134. The fourth-order valence-electron chi connectivity index (χ4n) is 2.59. The minimum absolute atomic E-state index is 0.0183. The molecule has 18 heavy (non-hydrogen) atoms. The van der Waals surface area contributed by atoms with Gasteiger partial charge in [-0.1, -0.05) is 0 Å². The van der Waals surface area contributed by atoms with Gasteiger partial charge < -0.3 is 15.7 Å². The lowest BCUT2D eigenvalue weighted by Crippen LogP contribution is -2.61. The van der Waals surface area contributed by atoms with Crippen LogP contribution < -0.4 is 10.6 Å². The molecule has 1 aliphatic carbocycles. The topological polar surface area (TPSA) is 64.6 Å². The zero-order chi connectivity index (χ0) is 13.2. The average Bonchev–Trinajstić information content (AvgIpc) is 2.34. The van der Waals surface area contributed by atoms with Gasteiger partial charge in [0.05, 0.1) is 11.1 Å². The minimum Gasteiger partial charge on any atom is -0.388 e. The number of aliphatic hydroxyl groups is 1. The third-order valence-corrected chi connectivity index (χ3v) is 4.33. The molecule has 1 saturated heterocycles. The van der Waals surface area contributed by atoms with Crippen LogP contribution in [0.25, 0.3) is 0 Å². The highest BCUT2D eigenvalue weighted by Crippen LogP contribution is 2.30. The van der Waals surface area contributed by atoms with Crippen molar-refractivity contribution in [1.82, 2.24) is 15.5 Å². The molecule has 104 valence electrons. The van der Waals surface area contributed by atoms with Gasteiger partial charge in [0.15, 0.2) is 0 Å². The Morgan fingerprint density at radius 2 is 2.00 bits per heavy atom. The van der Waals surface area contributed by atoms with Gasteiger partial charge in [0.1, 0.15) is 0 Å². The van der Waals surface area contributed by atoms with Crippen LogP contribution >= 0.6 is 0 Å². The van der Waals surface area contributed by atoms with E-state index in [1.807, 2.05) is 13.8 Å². The van der Waals surface area contributed by atoms with Crippen LogP contribution in [0, 0.1) is 0 Å². The van der Waals surface area contributed by atoms with Gasteiger partial charge in [-0.25, -0.2) is 0 Å². The number of nitrogens with one attached hydrogen (secondary N) is 2. The Bertz CT molecular complexity index is 307. The Kier molecular flexibility index (Phi) is 3.94. The zero-order valence-electron chi connectivity index (χ0n) is 11.5. The molecule has 2 aliphatic rings. The molecular formula is C13H25N3O2. The molecule has 5 heteroatoms. The van der Waals surface area contributed by atoms with E-state index in [1.54, 1.807) is 0 Å². The summed E-state index contributed by atoms with van der Waals surface area (Å²) in [5.41, 5.74) is -1.14. The standard InChI is InChI=1S/C13H25N3O2/c1-12(2,16-8-6-14-7-9-16)11(17)15-10-13(18)4-3-5-13/h14,18H,3-10H2,1-2H3,(H,15,17). The summed E-state index contributed by atoms with van der Waals surface area (Å²) in [6.45, 7) is 7.95. The summed E-state index contributed by atoms with van der Waals surface area (Å²) >= 11 is 0. The van der Waals surface area contributed by atoms with Crippen molar-refractivity contribution >= 4 is 5.91 Å². The van der Waals surface area contributed by atoms with Crippen molar-refractivity contribution in [3.63, 3.8) is 0 Å². The summed E-state index contributed by atoms with van der Waals surface area (Å²) in [7, 11) is 0. The number of hydrogen-bond donors (Lipinski definition) is 3. The number of amides is 1. The summed E-state index contributed by atoms with van der Waals surface area (Å²) in [5.74, 6) is 0.0183. The second-order valence-electron chi connectivity index (χ2n) is 6.06. The highest BCUT2D eigenvalue weighted by Gasteiger charge is 2.38. The third kappa shape index (κ3) is 2.84. The molecule has 1 heterocycles. The molecule has 0 unspecified atom stereocenters. The van der Waals surface area contributed by atoms with E-state index in [0.717, 1.165) is 45.4 Å². The SMILES string of the molecule is CC(C)(C(=O)NCC1(O)CCC1)N1CCNCC1. The largest absolute Gasteiger partial charge is 0.388 e. The first-order valence-electron chi connectivity index (χ1n) is 6.91. The van der Waals surface area contributed by atoms with Crippen molar-refractivity contribution in [2.24, 2.45) is 0 Å².